The lowest BCUT2D eigenvalue weighted by Crippen LogP contribution is -2.48. The van der Waals surface area contributed by atoms with Gasteiger partial charge in [0.25, 0.3) is 5.91 Å². The Kier molecular flexibility index (Phi) is 5.52. The summed E-state index contributed by atoms with van der Waals surface area (Å²) >= 11 is 7.42. The van der Waals surface area contributed by atoms with E-state index in [9.17, 15) is 4.79 Å². The Morgan fingerprint density at radius 1 is 1.07 bits per heavy atom. The smallest absolute Gasteiger partial charge is 0.264 e. The second kappa shape index (κ2) is 8.21. The summed E-state index contributed by atoms with van der Waals surface area (Å²) in [7, 11) is 0. The fraction of sp³-hybridized carbons (Fsp3) is 0.316. The molecule has 27 heavy (non-hydrogen) atoms. The van der Waals surface area contributed by atoms with Gasteiger partial charge in [-0.3, -0.25) is 9.69 Å². The average Bonchev–Trinajstić information content (AvgIpc) is 3.36. The molecular formula is C19H20ClN5OS. The number of thiophene rings is 1. The first kappa shape index (κ1) is 18.2. The molecule has 1 fully saturated rings. The van der Waals surface area contributed by atoms with Gasteiger partial charge in [0.2, 0.25) is 0 Å². The highest BCUT2D eigenvalue weighted by molar-refractivity contribution is 7.12. The van der Waals surface area contributed by atoms with Crippen molar-refractivity contribution >= 4 is 28.8 Å². The lowest BCUT2D eigenvalue weighted by Gasteiger charge is -2.34. The van der Waals surface area contributed by atoms with Gasteiger partial charge in [0.15, 0.2) is 0 Å². The molecule has 0 atom stereocenters. The van der Waals surface area contributed by atoms with Crippen molar-refractivity contribution in [2.24, 2.45) is 0 Å². The van der Waals surface area contributed by atoms with Gasteiger partial charge in [-0.15, -0.1) is 16.4 Å². The van der Waals surface area contributed by atoms with Crippen molar-refractivity contribution in [3.05, 3.63) is 69.1 Å². The van der Waals surface area contributed by atoms with E-state index in [0.29, 0.717) is 6.54 Å². The first-order valence-corrected chi connectivity index (χ1v) is 10.1. The summed E-state index contributed by atoms with van der Waals surface area (Å²) in [6.45, 7) is 4.61. The van der Waals surface area contributed by atoms with E-state index in [2.05, 4.69) is 15.2 Å². The minimum absolute atomic E-state index is 0.138. The molecule has 0 N–H and O–H groups in total. The zero-order valence-corrected chi connectivity index (χ0v) is 16.4. The minimum Gasteiger partial charge on any atom is -0.335 e. The number of amides is 1. The first-order chi connectivity index (χ1) is 13.2. The van der Waals surface area contributed by atoms with E-state index in [1.54, 1.807) is 0 Å². The third-order valence-electron chi connectivity index (χ3n) is 4.62. The number of rotatable bonds is 5. The molecule has 0 spiro atoms. The van der Waals surface area contributed by atoms with Crippen LogP contribution in [-0.2, 0) is 13.1 Å². The van der Waals surface area contributed by atoms with E-state index < -0.39 is 0 Å². The van der Waals surface area contributed by atoms with Crippen LogP contribution < -0.4 is 0 Å². The molecule has 6 nitrogen and oxygen atoms in total. The van der Waals surface area contributed by atoms with Gasteiger partial charge in [0.1, 0.15) is 0 Å². The molecule has 2 aromatic heterocycles. The number of piperazine rings is 1. The van der Waals surface area contributed by atoms with Crippen LogP contribution in [0.2, 0.25) is 5.02 Å². The van der Waals surface area contributed by atoms with Crippen molar-refractivity contribution in [3.8, 4) is 0 Å². The number of hydrogen-bond donors (Lipinski definition) is 0. The number of aromatic nitrogens is 3. The molecule has 4 rings (SSSR count). The van der Waals surface area contributed by atoms with Crippen LogP contribution in [0.1, 0.15) is 20.9 Å². The maximum atomic E-state index is 12.4. The molecule has 1 aromatic carbocycles. The van der Waals surface area contributed by atoms with Gasteiger partial charge < -0.3 is 4.90 Å². The van der Waals surface area contributed by atoms with Crippen molar-refractivity contribution in [1.29, 1.82) is 0 Å². The number of carbonyl (C=O) groups excluding carboxylic acids is 1. The third kappa shape index (κ3) is 4.55. The van der Waals surface area contributed by atoms with Crippen LogP contribution >= 0.6 is 22.9 Å². The molecule has 140 valence electrons. The van der Waals surface area contributed by atoms with Crippen LogP contribution in [0.5, 0.6) is 0 Å². The van der Waals surface area contributed by atoms with Crippen LogP contribution in [0.15, 0.2) is 48.0 Å². The fourth-order valence-electron chi connectivity index (χ4n) is 3.16. The Hall–Kier alpha value is -2.22. The van der Waals surface area contributed by atoms with E-state index in [0.717, 1.165) is 53.9 Å². The van der Waals surface area contributed by atoms with Crippen molar-refractivity contribution < 1.29 is 4.79 Å². The number of hydrogen-bond acceptors (Lipinski definition) is 5. The number of benzene rings is 1. The molecule has 0 aliphatic carbocycles. The molecule has 0 saturated carbocycles. The van der Waals surface area contributed by atoms with Gasteiger partial charge in [-0.05, 0) is 29.1 Å². The zero-order valence-electron chi connectivity index (χ0n) is 14.8. The van der Waals surface area contributed by atoms with Crippen LogP contribution in [0.25, 0.3) is 0 Å². The molecule has 0 radical (unpaired) electrons. The molecule has 1 saturated heterocycles. The van der Waals surface area contributed by atoms with Crippen molar-refractivity contribution in [3.63, 3.8) is 0 Å². The summed E-state index contributed by atoms with van der Waals surface area (Å²) in [5.74, 6) is 0.138. The molecule has 3 heterocycles. The van der Waals surface area contributed by atoms with Gasteiger partial charge >= 0.3 is 0 Å². The zero-order chi connectivity index (χ0) is 18.6. The summed E-state index contributed by atoms with van der Waals surface area (Å²) in [5.41, 5.74) is 2.08. The standard InChI is InChI=1S/C19H20ClN5OS/c20-16-5-3-15(4-6-16)12-25-14-17(21-22-25)13-23-7-9-24(10-8-23)19(26)18-2-1-11-27-18/h1-6,11,14H,7-10,12-13H2. The molecule has 1 aliphatic heterocycles. The maximum absolute atomic E-state index is 12.4. The van der Waals surface area contributed by atoms with E-state index in [-0.39, 0.29) is 5.91 Å². The van der Waals surface area contributed by atoms with Crippen molar-refractivity contribution in [2.45, 2.75) is 13.1 Å². The van der Waals surface area contributed by atoms with Crippen LogP contribution in [0, 0.1) is 0 Å². The fourth-order valence-corrected chi connectivity index (χ4v) is 3.98. The Labute approximate surface area is 167 Å². The Morgan fingerprint density at radius 3 is 2.56 bits per heavy atom. The molecule has 3 aromatic rings. The van der Waals surface area contributed by atoms with Crippen LogP contribution in [0.4, 0.5) is 0 Å². The van der Waals surface area contributed by atoms with Gasteiger partial charge in [-0.2, -0.15) is 0 Å². The minimum atomic E-state index is 0.138. The highest BCUT2D eigenvalue weighted by Crippen LogP contribution is 2.15. The summed E-state index contributed by atoms with van der Waals surface area (Å²) in [6, 6.07) is 11.6. The van der Waals surface area contributed by atoms with Gasteiger partial charge in [0.05, 0.1) is 23.3 Å². The summed E-state index contributed by atoms with van der Waals surface area (Å²) in [6.07, 6.45) is 1.98. The monoisotopic (exact) mass is 401 g/mol. The Balaban J connectivity index is 1.29. The second-order valence-corrected chi connectivity index (χ2v) is 7.96. The molecular weight excluding hydrogens is 382 g/mol. The maximum Gasteiger partial charge on any atom is 0.264 e. The summed E-state index contributed by atoms with van der Waals surface area (Å²) < 4.78 is 1.84. The van der Waals surface area contributed by atoms with E-state index in [1.807, 2.05) is 57.6 Å². The third-order valence-corrected chi connectivity index (χ3v) is 5.73. The van der Waals surface area contributed by atoms with Crippen LogP contribution in [0.3, 0.4) is 0 Å². The predicted octanol–water partition coefficient (Wildman–Crippen LogP) is 3.00. The van der Waals surface area contributed by atoms with Crippen LogP contribution in [-0.4, -0.2) is 56.9 Å². The molecule has 0 unspecified atom stereocenters. The van der Waals surface area contributed by atoms with Gasteiger partial charge in [-0.25, -0.2) is 4.68 Å². The highest BCUT2D eigenvalue weighted by atomic mass is 35.5. The quantitative estimate of drug-likeness (QED) is 0.659. The number of nitrogens with zero attached hydrogens (tertiary/aromatic N) is 5. The first-order valence-electron chi connectivity index (χ1n) is 8.86. The normalized spacial score (nSPS) is 15.2. The lowest BCUT2D eigenvalue weighted by molar-refractivity contribution is 0.0631. The largest absolute Gasteiger partial charge is 0.335 e. The van der Waals surface area contributed by atoms with E-state index >= 15 is 0 Å². The summed E-state index contributed by atoms with van der Waals surface area (Å²) in [5, 5.41) is 11.2. The topological polar surface area (TPSA) is 54.3 Å². The highest BCUT2D eigenvalue weighted by Gasteiger charge is 2.23. The number of carbonyl (C=O) groups is 1. The Morgan fingerprint density at radius 2 is 1.85 bits per heavy atom. The SMILES string of the molecule is O=C(c1cccs1)N1CCN(Cc2cn(Cc3ccc(Cl)cc3)nn2)CC1. The Bertz CT molecular complexity index is 885. The molecule has 1 aliphatic rings. The molecule has 8 heteroatoms. The second-order valence-electron chi connectivity index (χ2n) is 6.58. The van der Waals surface area contributed by atoms with Crippen molar-refractivity contribution in [2.75, 3.05) is 26.2 Å². The van der Waals surface area contributed by atoms with E-state index in [4.69, 9.17) is 11.6 Å². The molecule has 0 bridgehead atoms. The van der Waals surface area contributed by atoms with Crippen molar-refractivity contribution in [1.82, 2.24) is 24.8 Å². The lowest BCUT2D eigenvalue weighted by atomic mass is 10.2. The molecule has 1 amide bonds. The van der Waals surface area contributed by atoms with E-state index in [1.165, 1.54) is 11.3 Å². The number of halogens is 1. The van der Waals surface area contributed by atoms with Gasteiger partial charge in [0, 0.05) is 37.7 Å². The summed E-state index contributed by atoms with van der Waals surface area (Å²) in [4.78, 5) is 17.5. The van der Waals surface area contributed by atoms with Gasteiger partial charge in [-0.1, -0.05) is 35.0 Å². The predicted molar refractivity (Wildman–Crippen MR) is 106 cm³/mol. The average molecular weight is 402 g/mol.